The molecule has 4 heteroatoms. The minimum atomic E-state index is 0.658. The van der Waals surface area contributed by atoms with Crippen molar-refractivity contribution >= 4 is 10.9 Å². The van der Waals surface area contributed by atoms with Gasteiger partial charge in [0, 0.05) is 17.1 Å². The molecular weight excluding hydrogens is 200 g/mol. The summed E-state index contributed by atoms with van der Waals surface area (Å²) in [5, 5.41) is 16.7. The van der Waals surface area contributed by atoms with Crippen LogP contribution in [0, 0.1) is 11.3 Å². The Balaban J connectivity index is 2.20. The van der Waals surface area contributed by atoms with E-state index in [4.69, 9.17) is 5.26 Å². The summed E-state index contributed by atoms with van der Waals surface area (Å²) in [6, 6.07) is 11.6. The van der Waals surface area contributed by atoms with Crippen molar-refractivity contribution in [3.8, 4) is 17.5 Å². The Hall–Kier alpha value is -2.54. The van der Waals surface area contributed by atoms with Crippen molar-refractivity contribution in [1.29, 1.82) is 5.26 Å². The lowest BCUT2D eigenvalue weighted by molar-refractivity contribution is 1.09. The molecule has 2 heterocycles. The van der Waals surface area contributed by atoms with Gasteiger partial charge in [-0.3, -0.25) is 5.10 Å². The molecule has 0 unspecified atom stereocenters. The molecule has 16 heavy (non-hydrogen) atoms. The SMILES string of the molecule is N#Cc1ccc2cc(-c3ccn[nH]3)[nH]c2c1. The highest BCUT2D eigenvalue weighted by molar-refractivity contribution is 5.86. The Morgan fingerprint density at radius 1 is 1.12 bits per heavy atom. The lowest BCUT2D eigenvalue weighted by Gasteiger charge is -1.90. The summed E-state index contributed by atoms with van der Waals surface area (Å²) in [5.74, 6) is 0. The third-order valence-corrected chi connectivity index (χ3v) is 2.54. The van der Waals surface area contributed by atoms with Crippen molar-refractivity contribution in [3.05, 3.63) is 42.1 Å². The second-order valence-electron chi connectivity index (χ2n) is 3.57. The summed E-state index contributed by atoms with van der Waals surface area (Å²) in [6.07, 6.45) is 1.71. The van der Waals surface area contributed by atoms with Crippen LogP contribution in [0.5, 0.6) is 0 Å². The van der Waals surface area contributed by atoms with Crippen LogP contribution in [0.4, 0.5) is 0 Å². The van der Waals surface area contributed by atoms with Gasteiger partial charge in [0.25, 0.3) is 0 Å². The van der Waals surface area contributed by atoms with Gasteiger partial charge in [-0.25, -0.2) is 0 Å². The number of nitrogens with one attached hydrogen (secondary N) is 2. The fraction of sp³-hybridized carbons (Fsp3) is 0. The Bertz CT molecular complexity index is 671. The number of benzene rings is 1. The van der Waals surface area contributed by atoms with Crippen LogP contribution in [0.3, 0.4) is 0 Å². The molecular formula is C12H8N4. The number of nitriles is 1. The lowest BCUT2D eigenvalue weighted by Crippen LogP contribution is -1.76. The van der Waals surface area contributed by atoms with Gasteiger partial charge >= 0.3 is 0 Å². The van der Waals surface area contributed by atoms with Crippen LogP contribution < -0.4 is 0 Å². The number of nitrogens with zero attached hydrogens (tertiary/aromatic N) is 2. The van der Waals surface area contributed by atoms with E-state index in [2.05, 4.69) is 21.3 Å². The summed E-state index contributed by atoms with van der Waals surface area (Å²) in [4.78, 5) is 3.25. The zero-order valence-electron chi connectivity index (χ0n) is 8.36. The average Bonchev–Trinajstić information content (AvgIpc) is 2.96. The van der Waals surface area contributed by atoms with E-state index < -0.39 is 0 Å². The van der Waals surface area contributed by atoms with Gasteiger partial charge in [-0.15, -0.1) is 0 Å². The van der Waals surface area contributed by atoms with Crippen LogP contribution in [-0.4, -0.2) is 15.2 Å². The van der Waals surface area contributed by atoms with Gasteiger partial charge < -0.3 is 4.98 Å². The Kier molecular flexibility index (Phi) is 1.77. The van der Waals surface area contributed by atoms with E-state index in [1.807, 2.05) is 30.3 Å². The number of hydrogen-bond acceptors (Lipinski definition) is 2. The maximum absolute atomic E-state index is 8.81. The molecule has 0 atom stereocenters. The predicted molar refractivity (Wildman–Crippen MR) is 60.6 cm³/mol. The molecule has 0 aliphatic carbocycles. The first-order chi connectivity index (χ1) is 7.86. The second-order valence-corrected chi connectivity index (χ2v) is 3.57. The lowest BCUT2D eigenvalue weighted by atomic mass is 10.2. The molecule has 0 aliphatic rings. The van der Waals surface area contributed by atoms with Gasteiger partial charge in [-0.2, -0.15) is 10.4 Å². The van der Waals surface area contributed by atoms with E-state index in [0.29, 0.717) is 5.56 Å². The van der Waals surface area contributed by atoms with E-state index in [-0.39, 0.29) is 0 Å². The number of fused-ring (bicyclic) bond motifs is 1. The van der Waals surface area contributed by atoms with Crippen molar-refractivity contribution in [2.24, 2.45) is 0 Å². The normalized spacial score (nSPS) is 10.4. The quantitative estimate of drug-likeness (QED) is 0.644. The summed E-state index contributed by atoms with van der Waals surface area (Å²) in [5.41, 5.74) is 3.53. The highest BCUT2D eigenvalue weighted by atomic mass is 15.1. The van der Waals surface area contributed by atoms with Crippen molar-refractivity contribution < 1.29 is 0 Å². The number of aromatic nitrogens is 3. The van der Waals surface area contributed by atoms with E-state index in [1.165, 1.54) is 0 Å². The van der Waals surface area contributed by atoms with Gasteiger partial charge in [0.05, 0.1) is 23.0 Å². The van der Waals surface area contributed by atoms with Crippen molar-refractivity contribution in [1.82, 2.24) is 15.2 Å². The largest absolute Gasteiger partial charge is 0.353 e. The highest BCUT2D eigenvalue weighted by Crippen LogP contribution is 2.22. The first-order valence-electron chi connectivity index (χ1n) is 4.89. The molecule has 0 saturated heterocycles. The number of hydrogen-bond donors (Lipinski definition) is 2. The standard InChI is InChI=1S/C12H8N4/c13-7-8-1-2-9-6-12(15-11(9)5-8)10-3-4-14-16-10/h1-6,15H,(H,14,16). The van der Waals surface area contributed by atoms with E-state index in [0.717, 1.165) is 22.3 Å². The average molecular weight is 208 g/mol. The van der Waals surface area contributed by atoms with Gasteiger partial charge in [0.15, 0.2) is 0 Å². The van der Waals surface area contributed by atoms with Crippen LogP contribution in [-0.2, 0) is 0 Å². The number of aromatic amines is 2. The molecule has 0 bridgehead atoms. The highest BCUT2D eigenvalue weighted by Gasteiger charge is 2.04. The zero-order valence-corrected chi connectivity index (χ0v) is 8.36. The molecule has 0 aliphatic heterocycles. The molecule has 2 N–H and O–H groups in total. The fourth-order valence-corrected chi connectivity index (χ4v) is 1.75. The van der Waals surface area contributed by atoms with Gasteiger partial charge in [-0.05, 0) is 24.3 Å². The molecule has 0 spiro atoms. The molecule has 0 radical (unpaired) electrons. The minimum Gasteiger partial charge on any atom is -0.353 e. The second kappa shape index (κ2) is 3.24. The molecule has 1 aromatic carbocycles. The number of rotatable bonds is 1. The summed E-state index contributed by atoms with van der Waals surface area (Å²) in [7, 11) is 0. The Morgan fingerprint density at radius 3 is 2.81 bits per heavy atom. The first-order valence-corrected chi connectivity index (χ1v) is 4.89. The molecule has 3 aromatic rings. The Morgan fingerprint density at radius 2 is 2.06 bits per heavy atom. The fourth-order valence-electron chi connectivity index (χ4n) is 1.75. The van der Waals surface area contributed by atoms with Crippen molar-refractivity contribution in [2.75, 3.05) is 0 Å². The monoisotopic (exact) mass is 208 g/mol. The van der Waals surface area contributed by atoms with Gasteiger partial charge in [0.1, 0.15) is 0 Å². The van der Waals surface area contributed by atoms with Gasteiger partial charge in [-0.1, -0.05) is 6.07 Å². The van der Waals surface area contributed by atoms with Gasteiger partial charge in [0.2, 0.25) is 0 Å². The molecule has 3 rings (SSSR count). The molecule has 76 valence electrons. The van der Waals surface area contributed by atoms with Crippen molar-refractivity contribution in [2.45, 2.75) is 0 Å². The Labute approximate surface area is 91.5 Å². The third kappa shape index (κ3) is 1.27. The minimum absolute atomic E-state index is 0.658. The zero-order chi connectivity index (χ0) is 11.0. The van der Waals surface area contributed by atoms with Crippen LogP contribution in [0.15, 0.2) is 36.5 Å². The third-order valence-electron chi connectivity index (χ3n) is 2.54. The smallest absolute Gasteiger partial charge is 0.0992 e. The molecule has 4 nitrogen and oxygen atoms in total. The molecule has 2 aromatic heterocycles. The predicted octanol–water partition coefficient (Wildman–Crippen LogP) is 2.43. The molecule has 0 fully saturated rings. The summed E-state index contributed by atoms with van der Waals surface area (Å²) in [6.45, 7) is 0. The summed E-state index contributed by atoms with van der Waals surface area (Å²) >= 11 is 0. The topological polar surface area (TPSA) is 68.3 Å². The van der Waals surface area contributed by atoms with Crippen LogP contribution in [0.25, 0.3) is 22.3 Å². The van der Waals surface area contributed by atoms with Crippen LogP contribution in [0.2, 0.25) is 0 Å². The van der Waals surface area contributed by atoms with Crippen molar-refractivity contribution in [3.63, 3.8) is 0 Å². The first kappa shape index (κ1) is 8.74. The van der Waals surface area contributed by atoms with Crippen LogP contribution >= 0.6 is 0 Å². The maximum Gasteiger partial charge on any atom is 0.0992 e. The van der Waals surface area contributed by atoms with Crippen LogP contribution in [0.1, 0.15) is 5.56 Å². The molecule has 0 saturated carbocycles. The van der Waals surface area contributed by atoms with E-state index in [1.54, 1.807) is 6.20 Å². The maximum atomic E-state index is 8.81. The number of H-pyrrole nitrogens is 2. The van der Waals surface area contributed by atoms with E-state index >= 15 is 0 Å². The molecule has 0 amide bonds. The summed E-state index contributed by atoms with van der Waals surface area (Å²) < 4.78 is 0. The van der Waals surface area contributed by atoms with E-state index in [9.17, 15) is 0 Å².